The molecule has 2 aliphatic heterocycles. The SMILES string of the molecule is O=C(NCCCN1CCCc2ccccc21)c1ccc(CN2CCCCCC2)cc1. The molecule has 0 atom stereocenters. The van der Waals surface area contributed by atoms with Gasteiger partial charge in [0, 0.05) is 37.4 Å². The molecule has 2 aromatic carbocycles. The molecular formula is C26H35N3O. The van der Waals surface area contributed by atoms with E-state index in [9.17, 15) is 4.79 Å². The van der Waals surface area contributed by atoms with Crippen LogP contribution in [0.2, 0.25) is 0 Å². The van der Waals surface area contributed by atoms with Crippen LogP contribution >= 0.6 is 0 Å². The molecule has 0 radical (unpaired) electrons. The Labute approximate surface area is 181 Å². The highest BCUT2D eigenvalue weighted by molar-refractivity contribution is 5.94. The standard InChI is InChI=1S/C26H35N3O/c30-26(24-14-12-22(13-15-24)21-28-17-5-1-2-6-18-28)27-16-8-20-29-19-7-10-23-9-3-4-11-25(23)29/h3-4,9,11-15H,1-2,5-8,10,16-21H2,(H,27,30). The van der Waals surface area contributed by atoms with E-state index in [-0.39, 0.29) is 5.91 Å². The third-order valence-corrected chi connectivity index (χ3v) is 6.42. The van der Waals surface area contributed by atoms with Crippen molar-refractivity contribution in [2.45, 2.75) is 51.5 Å². The molecule has 30 heavy (non-hydrogen) atoms. The molecule has 0 spiro atoms. The molecule has 1 amide bonds. The molecule has 4 rings (SSSR count). The zero-order valence-electron chi connectivity index (χ0n) is 18.1. The van der Waals surface area contributed by atoms with Crippen LogP contribution in [0.4, 0.5) is 5.69 Å². The number of hydrogen-bond acceptors (Lipinski definition) is 3. The summed E-state index contributed by atoms with van der Waals surface area (Å²) in [4.78, 5) is 17.5. The van der Waals surface area contributed by atoms with Gasteiger partial charge in [-0.1, -0.05) is 43.2 Å². The Morgan fingerprint density at radius 2 is 1.63 bits per heavy atom. The summed E-state index contributed by atoms with van der Waals surface area (Å²) in [5.74, 6) is 0.0374. The second kappa shape index (κ2) is 10.6. The zero-order valence-corrected chi connectivity index (χ0v) is 18.1. The van der Waals surface area contributed by atoms with Crippen molar-refractivity contribution in [1.29, 1.82) is 0 Å². The Balaban J connectivity index is 1.21. The van der Waals surface area contributed by atoms with Gasteiger partial charge in [0.05, 0.1) is 0 Å². The van der Waals surface area contributed by atoms with Crippen molar-refractivity contribution in [3.63, 3.8) is 0 Å². The third-order valence-electron chi connectivity index (χ3n) is 6.42. The highest BCUT2D eigenvalue weighted by atomic mass is 16.1. The third kappa shape index (κ3) is 5.63. The molecule has 4 nitrogen and oxygen atoms in total. The van der Waals surface area contributed by atoms with Crippen LogP contribution in [0, 0.1) is 0 Å². The number of fused-ring (bicyclic) bond motifs is 1. The van der Waals surface area contributed by atoms with E-state index in [4.69, 9.17) is 0 Å². The van der Waals surface area contributed by atoms with Crippen molar-refractivity contribution in [3.8, 4) is 0 Å². The molecule has 0 saturated carbocycles. The fourth-order valence-corrected chi connectivity index (χ4v) is 4.73. The van der Waals surface area contributed by atoms with Crippen LogP contribution in [0.25, 0.3) is 0 Å². The van der Waals surface area contributed by atoms with Crippen LogP contribution in [-0.2, 0) is 13.0 Å². The van der Waals surface area contributed by atoms with Crippen molar-refractivity contribution in [3.05, 3.63) is 65.2 Å². The smallest absolute Gasteiger partial charge is 0.251 e. The van der Waals surface area contributed by atoms with E-state index >= 15 is 0 Å². The zero-order chi connectivity index (χ0) is 20.6. The van der Waals surface area contributed by atoms with Crippen molar-refractivity contribution >= 4 is 11.6 Å². The molecule has 1 fully saturated rings. The average Bonchev–Trinajstić information content (AvgIpc) is 3.06. The van der Waals surface area contributed by atoms with Gasteiger partial charge in [0.15, 0.2) is 0 Å². The summed E-state index contributed by atoms with van der Waals surface area (Å²) in [6.07, 6.45) is 8.70. The molecule has 0 bridgehead atoms. The topological polar surface area (TPSA) is 35.6 Å². The highest BCUT2D eigenvalue weighted by Gasteiger charge is 2.15. The summed E-state index contributed by atoms with van der Waals surface area (Å²) in [5, 5.41) is 3.10. The molecule has 1 saturated heterocycles. The molecule has 2 aromatic rings. The first-order chi connectivity index (χ1) is 14.8. The van der Waals surface area contributed by atoms with E-state index in [2.05, 4.69) is 51.5 Å². The first-order valence-electron chi connectivity index (χ1n) is 11.7. The molecule has 1 N–H and O–H groups in total. The summed E-state index contributed by atoms with van der Waals surface area (Å²) < 4.78 is 0. The predicted molar refractivity (Wildman–Crippen MR) is 124 cm³/mol. The number of benzene rings is 2. The highest BCUT2D eigenvalue weighted by Crippen LogP contribution is 2.26. The van der Waals surface area contributed by atoms with E-state index in [1.54, 1.807) is 0 Å². The maximum atomic E-state index is 12.5. The molecular weight excluding hydrogens is 370 g/mol. The van der Waals surface area contributed by atoms with Gasteiger partial charge in [-0.3, -0.25) is 9.69 Å². The summed E-state index contributed by atoms with van der Waals surface area (Å²) in [7, 11) is 0. The van der Waals surface area contributed by atoms with Gasteiger partial charge in [0.1, 0.15) is 0 Å². The Morgan fingerprint density at radius 3 is 2.43 bits per heavy atom. The normalized spacial score (nSPS) is 17.3. The van der Waals surface area contributed by atoms with Gasteiger partial charge in [0.2, 0.25) is 0 Å². The second-order valence-corrected chi connectivity index (χ2v) is 8.72. The Morgan fingerprint density at radius 1 is 0.867 bits per heavy atom. The van der Waals surface area contributed by atoms with E-state index in [0.717, 1.165) is 31.6 Å². The maximum absolute atomic E-state index is 12.5. The molecule has 0 aliphatic carbocycles. The van der Waals surface area contributed by atoms with Crippen molar-refractivity contribution in [1.82, 2.24) is 10.2 Å². The summed E-state index contributed by atoms with van der Waals surface area (Å²) in [6, 6.07) is 16.9. The van der Waals surface area contributed by atoms with Crippen LogP contribution in [0.5, 0.6) is 0 Å². The van der Waals surface area contributed by atoms with Crippen LogP contribution in [-0.4, -0.2) is 43.5 Å². The lowest BCUT2D eigenvalue weighted by molar-refractivity contribution is 0.0953. The summed E-state index contributed by atoms with van der Waals surface area (Å²) in [6.45, 7) is 6.22. The Bertz CT molecular complexity index is 809. The minimum Gasteiger partial charge on any atom is -0.371 e. The molecule has 2 aliphatic rings. The Hall–Kier alpha value is -2.33. The number of nitrogens with zero attached hydrogens (tertiary/aromatic N) is 2. The van der Waals surface area contributed by atoms with Gasteiger partial charge >= 0.3 is 0 Å². The first kappa shape index (κ1) is 20.9. The largest absolute Gasteiger partial charge is 0.371 e. The first-order valence-corrected chi connectivity index (χ1v) is 11.7. The van der Waals surface area contributed by atoms with Crippen molar-refractivity contribution < 1.29 is 4.79 Å². The van der Waals surface area contributed by atoms with Crippen LogP contribution < -0.4 is 10.2 Å². The lowest BCUT2D eigenvalue weighted by Gasteiger charge is -2.31. The number of likely N-dealkylation sites (tertiary alicyclic amines) is 1. The number of carbonyl (C=O) groups is 1. The van der Waals surface area contributed by atoms with Gasteiger partial charge in [-0.2, -0.15) is 0 Å². The van der Waals surface area contributed by atoms with Gasteiger partial charge in [0.25, 0.3) is 5.91 Å². The molecule has 4 heteroatoms. The summed E-state index contributed by atoms with van der Waals surface area (Å²) in [5.41, 5.74) is 4.89. The van der Waals surface area contributed by atoms with E-state index in [1.807, 2.05) is 12.1 Å². The predicted octanol–water partition coefficient (Wildman–Crippen LogP) is 4.64. The lowest BCUT2D eigenvalue weighted by atomic mass is 10.0. The van der Waals surface area contributed by atoms with E-state index < -0.39 is 0 Å². The van der Waals surface area contributed by atoms with Crippen molar-refractivity contribution in [2.75, 3.05) is 37.6 Å². The lowest BCUT2D eigenvalue weighted by Crippen LogP contribution is -2.33. The fourth-order valence-electron chi connectivity index (χ4n) is 4.73. The number of nitrogens with one attached hydrogen (secondary N) is 1. The molecule has 160 valence electrons. The van der Waals surface area contributed by atoms with E-state index in [1.165, 1.54) is 68.4 Å². The number of para-hydroxylation sites is 1. The average molecular weight is 406 g/mol. The maximum Gasteiger partial charge on any atom is 0.251 e. The number of rotatable bonds is 7. The van der Waals surface area contributed by atoms with Crippen LogP contribution in [0.15, 0.2) is 48.5 Å². The second-order valence-electron chi connectivity index (χ2n) is 8.72. The number of aryl methyl sites for hydroxylation is 1. The van der Waals surface area contributed by atoms with Gasteiger partial charge in [-0.05, 0) is 74.5 Å². The Kier molecular flexibility index (Phi) is 7.41. The van der Waals surface area contributed by atoms with Gasteiger partial charge in [-0.25, -0.2) is 0 Å². The van der Waals surface area contributed by atoms with Crippen LogP contribution in [0.3, 0.4) is 0 Å². The molecule has 2 heterocycles. The van der Waals surface area contributed by atoms with E-state index in [0.29, 0.717) is 6.54 Å². The number of carbonyl (C=O) groups excluding carboxylic acids is 1. The molecule has 0 unspecified atom stereocenters. The van der Waals surface area contributed by atoms with Crippen molar-refractivity contribution in [2.24, 2.45) is 0 Å². The van der Waals surface area contributed by atoms with Gasteiger partial charge in [-0.15, -0.1) is 0 Å². The quantitative estimate of drug-likeness (QED) is 0.682. The summed E-state index contributed by atoms with van der Waals surface area (Å²) >= 11 is 0. The number of amides is 1. The minimum absolute atomic E-state index is 0.0374. The minimum atomic E-state index is 0.0374. The van der Waals surface area contributed by atoms with Gasteiger partial charge < -0.3 is 10.2 Å². The number of anilines is 1. The van der Waals surface area contributed by atoms with Crippen LogP contribution in [0.1, 0.15) is 60.0 Å². The fraction of sp³-hybridized carbons (Fsp3) is 0.500. The monoisotopic (exact) mass is 405 g/mol. The molecule has 0 aromatic heterocycles. The number of hydrogen-bond donors (Lipinski definition) is 1.